The maximum atomic E-state index is 12.9. The minimum atomic E-state index is -4.56. The highest BCUT2D eigenvalue weighted by Gasteiger charge is 2.33. The average Bonchev–Trinajstić information content (AvgIpc) is 2.83. The van der Waals surface area contributed by atoms with Crippen LogP contribution in [0.2, 0.25) is 0 Å². The maximum Gasteiger partial charge on any atom is 0.416 e. The lowest BCUT2D eigenvalue weighted by Gasteiger charge is -2.13. The molecule has 1 aromatic carbocycles. The first-order chi connectivity index (χ1) is 8.97. The largest absolute Gasteiger partial charge is 0.416 e. The summed E-state index contributed by atoms with van der Waals surface area (Å²) >= 11 is 0. The zero-order valence-electron chi connectivity index (χ0n) is 9.76. The standard InChI is InChI=1S/C12H11F4N3/c13-9-2-1-8(11(3-9)12(14,15)16)4-17-5-10-6-18-7-19-10/h1-3,6-7,17H,4-5H2,(H,18,19). The van der Waals surface area contributed by atoms with Gasteiger partial charge < -0.3 is 10.3 Å². The first-order valence-corrected chi connectivity index (χ1v) is 5.50. The molecule has 0 atom stereocenters. The number of hydrogen-bond acceptors (Lipinski definition) is 2. The average molecular weight is 273 g/mol. The van der Waals surface area contributed by atoms with Crippen LogP contribution in [0.1, 0.15) is 16.8 Å². The number of halogens is 4. The van der Waals surface area contributed by atoms with Crippen LogP contribution in [0.3, 0.4) is 0 Å². The molecule has 2 N–H and O–H groups in total. The normalized spacial score (nSPS) is 11.8. The molecule has 102 valence electrons. The summed E-state index contributed by atoms with van der Waals surface area (Å²) in [7, 11) is 0. The third kappa shape index (κ3) is 3.54. The van der Waals surface area contributed by atoms with E-state index in [1.807, 2.05) is 0 Å². The molecule has 3 nitrogen and oxygen atoms in total. The zero-order chi connectivity index (χ0) is 13.9. The third-order valence-corrected chi connectivity index (χ3v) is 2.56. The summed E-state index contributed by atoms with van der Waals surface area (Å²) in [6, 6.07) is 2.66. The van der Waals surface area contributed by atoms with Gasteiger partial charge in [-0.15, -0.1) is 0 Å². The smallest absolute Gasteiger partial charge is 0.347 e. The Morgan fingerprint density at radius 3 is 2.63 bits per heavy atom. The maximum absolute atomic E-state index is 12.9. The van der Waals surface area contributed by atoms with E-state index < -0.39 is 17.6 Å². The van der Waals surface area contributed by atoms with Gasteiger partial charge >= 0.3 is 6.18 Å². The summed E-state index contributed by atoms with van der Waals surface area (Å²) in [5.74, 6) is -0.898. The molecular weight excluding hydrogens is 262 g/mol. The van der Waals surface area contributed by atoms with Crippen molar-refractivity contribution >= 4 is 0 Å². The molecule has 7 heteroatoms. The van der Waals surface area contributed by atoms with Crippen molar-refractivity contribution in [1.82, 2.24) is 15.3 Å². The van der Waals surface area contributed by atoms with Gasteiger partial charge in [0, 0.05) is 25.0 Å². The lowest BCUT2D eigenvalue weighted by Crippen LogP contribution is -2.17. The number of benzene rings is 1. The van der Waals surface area contributed by atoms with Gasteiger partial charge in [0.05, 0.1) is 11.9 Å². The van der Waals surface area contributed by atoms with Crippen LogP contribution >= 0.6 is 0 Å². The van der Waals surface area contributed by atoms with E-state index in [2.05, 4.69) is 15.3 Å². The van der Waals surface area contributed by atoms with Gasteiger partial charge in [0.1, 0.15) is 5.82 Å². The molecule has 0 aliphatic carbocycles. The van der Waals surface area contributed by atoms with Crippen molar-refractivity contribution in [3.63, 3.8) is 0 Å². The number of alkyl halides is 3. The second-order valence-electron chi connectivity index (χ2n) is 3.98. The van der Waals surface area contributed by atoms with Crippen LogP contribution < -0.4 is 5.32 Å². The summed E-state index contributed by atoms with van der Waals surface area (Å²) in [4.78, 5) is 6.61. The second-order valence-corrected chi connectivity index (χ2v) is 3.98. The summed E-state index contributed by atoms with van der Waals surface area (Å²) < 4.78 is 51.0. The quantitative estimate of drug-likeness (QED) is 0.841. The van der Waals surface area contributed by atoms with E-state index in [1.54, 1.807) is 6.20 Å². The number of imidazole rings is 1. The number of nitrogens with zero attached hydrogens (tertiary/aromatic N) is 1. The summed E-state index contributed by atoms with van der Waals surface area (Å²) in [6.45, 7) is 0.350. The topological polar surface area (TPSA) is 40.7 Å². The van der Waals surface area contributed by atoms with Crippen LogP contribution in [0.15, 0.2) is 30.7 Å². The Hall–Kier alpha value is -1.89. The van der Waals surface area contributed by atoms with Crippen LogP contribution in [-0.4, -0.2) is 9.97 Å². The number of nitrogens with one attached hydrogen (secondary N) is 2. The zero-order valence-corrected chi connectivity index (χ0v) is 9.76. The Kier molecular flexibility index (Phi) is 3.84. The van der Waals surface area contributed by atoms with Crippen LogP contribution in [0.4, 0.5) is 17.6 Å². The predicted octanol–water partition coefficient (Wildman–Crippen LogP) is 2.86. The molecule has 0 amide bonds. The van der Waals surface area contributed by atoms with Crippen molar-refractivity contribution in [1.29, 1.82) is 0 Å². The summed E-state index contributed by atoms with van der Waals surface area (Å²) in [5, 5.41) is 2.84. The van der Waals surface area contributed by atoms with E-state index >= 15 is 0 Å². The Morgan fingerprint density at radius 1 is 1.21 bits per heavy atom. The number of rotatable bonds is 4. The lowest BCUT2D eigenvalue weighted by atomic mass is 10.1. The molecule has 0 saturated carbocycles. The fourth-order valence-electron chi connectivity index (χ4n) is 1.68. The van der Waals surface area contributed by atoms with Crippen LogP contribution in [0.25, 0.3) is 0 Å². The van der Waals surface area contributed by atoms with Gasteiger partial charge in [-0.1, -0.05) is 6.07 Å². The molecule has 0 radical (unpaired) electrons. The van der Waals surface area contributed by atoms with Gasteiger partial charge in [-0.2, -0.15) is 13.2 Å². The molecule has 0 bridgehead atoms. The molecule has 0 aliphatic heterocycles. The molecule has 1 aromatic heterocycles. The van der Waals surface area contributed by atoms with Crippen LogP contribution in [0.5, 0.6) is 0 Å². The van der Waals surface area contributed by atoms with E-state index in [-0.39, 0.29) is 12.1 Å². The lowest BCUT2D eigenvalue weighted by molar-refractivity contribution is -0.138. The van der Waals surface area contributed by atoms with Gasteiger partial charge in [-0.25, -0.2) is 9.37 Å². The fourth-order valence-corrected chi connectivity index (χ4v) is 1.68. The molecule has 19 heavy (non-hydrogen) atoms. The molecule has 0 fully saturated rings. The predicted molar refractivity (Wildman–Crippen MR) is 60.5 cm³/mol. The highest BCUT2D eigenvalue weighted by Crippen LogP contribution is 2.32. The molecule has 0 unspecified atom stereocenters. The van der Waals surface area contributed by atoms with Crippen molar-refractivity contribution in [2.45, 2.75) is 19.3 Å². The van der Waals surface area contributed by atoms with Gasteiger partial charge in [-0.05, 0) is 17.7 Å². The van der Waals surface area contributed by atoms with E-state index in [0.717, 1.165) is 17.8 Å². The number of hydrogen-bond donors (Lipinski definition) is 2. The molecule has 0 aliphatic rings. The molecule has 2 aromatic rings. The van der Waals surface area contributed by atoms with Crippen molar-refractivity contribution in [2.24, 2.45) is 0 Å². The fraction of sp³-hybridized carbons (Fsp3) is 0.250. The van der Waals surface area contributed by atoms with Crippen molar-refractivity contribution in [3.05, 3.63) is 53.4 Å². The van der Waals surface area contributed by atoms with E-state index in [4.69, 9.17) is 0 Å². The first kappa shape index (κ1) is 13.5. The number of aromatic nitrogens is 2. The summed E-state index contributed by atoms with van der Waals surface area (Å²) in [5.41, 5.74) is -0.186. The molecule has 2 rings (SSSR count). The summed E-state index contributed by atoms with van der Waals surface area (Å²) in [6.07, 6.45) is -1.51. The van der Waals surface area contributed by atoms with E-state index in [1.165, 1.54) is 6.33 Å². The monoisotopic (exact) mass is 273 g/mol. The second kappa shape index (κ2) is 5.40. The Balaban J connectivity index is 2.07. The molecule has 0 saturated heterocycles. The Morgan fingerprint density at radius 2 is 2.00 bits per heavy atom. The van der Waals surface area contributed by atoms with Gasteiger partial charge in [-0.3, -0.25) is 0 Å². The number of aromatic amines is 1. The van der Waals surface area contributed by atoms with Gasteiger partial charge in [0.15, 0.2) is 0 Å². The van der Waals surface area contributed by atoms with Crippen LogP contribution in [-0.2, 0) is 19.3 Å². The SMILES string of the molecule is Fc1ccc(CNCc2cnc[nH]2)c(C(F)(F)F)c1. The van der Waals surface area contributed by atoms with Crippen molar-refractivity contribution in [2.75, 3.05) is 0 Å². The van der Waals surface area contributed by atoms with Crippen molar-refractivity contribution < 1.29 is 17.6 Å². The Labute approximate surface area is 106 Å². The van der Waals surface area contributed by atoms with Crippen molar-refractivity contribution in [3.8, 4) is 0 Å². The van der Waals surface area contributed by atoms with Gasteiger partial charge in [0.25, 0.3) is 0 Å². The minimum absolute atomic E-state index is 0.00581. The first-order valence-electron chi connectivity index (χ1n) is 5.50. The highest BCUT2D eigenvalue weighted by atomic mass is 19.4. The van der Waals surface area contributed by atoms with E-state index in [9.17, 15) is 17.6 Å². The minimum Gasteiger partial charge on any atom is -0.347 e. The highest BCUT2D eigenvalue weighted by molar-refractivity contribution is 5.30. The van der Waals surface area contributed by atoms with Crippen LogP contribution in [0, 0.1) is 5.82 Å². The Bertz CT molecular complexity index is 534. The van der Waals surface area contributed by atoms with E-state index in [0.29, 0.717) is 12.6 Å². The molecule has 1 heterocycles. The molecule has 0 spiro atoms. The third-order valence-electron chi connectivity index (χ3n) is 2.56. The molecular formula is C12H11F4N3. The van der Waals surface area contributed by atoms with Gasteiger partial charge in [0.2, 0.25) is 0 Å². The number of H-pyrrole nitrogens is 1.